The molecule has 17 heavy (non-hydrogen) atoms. The zero-order valence-electron chi connectivity index (χ0n) is 11.1. The number of nitrogens with zero attached hydrogens (tertiary/aromatic N) is 2. The molecule has 0 aliphatic carbocycles. The molecule has 0 saturated carbocycles. The first-order valence-corrected chi connectivity index (χ1v) is 6.46. The van der Waals surface area contributed by atoms with Crippen molar-refractivity contribution in [1.29, 1.82) is 5.26 Å². The second-order valence-electron chi connectivity index (χ2n) is 4.49. The van der Waals surface area contributed by atoms with Crippen LogP contribution in [0, 0.1) is 17.2 Å². The first-order valence-electron chi connectivity index (χ1n) is 6.46. The molecule has 1 atom stereocenters. The highest BCUT2D eigenvalue weighted by atomic mass is 16.2. The fourth-order valence-corrected chi connectivity index (χ4v) is 1.94. The van der Waals surface area contributed by atoms with Crippen LogP contribution in [0.3, 0.4) is 0 Å². The van der Waals surface area contributed by atoms with Gasteiger partial charge in [-0.2, -0.15) is 5.26 Å². The van der Waals surface area contributed by atoms with Gasteiger partial charge in [-0.15, -0.1) is 0 Å². The molecule has 0 spiro atoms. The highest BCUT2D eigenvalue weighted by Gasteiger charge is 2.12. The van der Waals surface area contributed by atoms with Crippen molar-refractivity contribution in [2.75, 3.05) is 20.1 Å². The van der Waals surface area contributed by atoms with E-state index in [0.717, 1.165) is 25.7 Å². The van der Waals surface area contributed by atoms with E-state index >= 15 is 0 Å². The van der Waals surface area contributed by atoms with Gasteiger partial charge >= 0.3 is 0 Å². The number of carbonyl (C=O) groups excluding carboxylic acids is 1. The number of hydrogen-bond acceptors (Lipinski definition) is 3. The second-order valence-corrected chi connectivity index (χ2v) is 4.49. The van der Waals surface area contributed by atoms with Crippen LogP contribution in [-0.4, -0.2) is 30.9 Å². The van der Waals surface area contributed by atoms with Crippen molar-refractivity contribution in [3.05, 3.63) is 0 Å². The van der Waals surface area contributed by atoms with Gasteiger partial charge in [0.2, 0.25) is 5.91 Å². The van der Waals surface area contributed by atoms with Crippen LogP contribution in [0.1, 0.15) is 45.4 Å². The highest BCUT2D eigenvalue weighted by molar-refractivity contribution is 5.75. The molecule has 0 saturated heterocycles. The molecule has 0 radical (unpaired) electrons. The molecule has 0 heterocycles. The Bertz CT molecular complexity index is 242. The van der Waals surface area contributed by atoms with Gasteiger partial charge in [-0.1, -0.05) is 19.8 Å². The normalized spacial score (nSPS) is 11.9. The van der Waals surface area contributed by atoms with Gasteiger partial charge in [0.1, 0.15) is 0 Å². The lowest BCUT2D eigenvalue weighted by Gasteiger charge is -2.18. The lowest BCUT2D eigenvalue weighted by Crippen LogP contribution is -2.28. The first-order chi connectivity index (χ1) is 8.15. The molecule has 0 aromatic heterocycles. The predicted molar refractivity (Wildman–Crippen MR) is 69.2 cm³/mol. The Morgan fingerprint density at radius 3 is 2.65 bits per heavy atom. The third kappa shape index (κ3) is 7.76. The summed E-state index contributed by atoms with van der Waals surface area (Å²) in [7, 11) is 1.76. The zero-order valence-corrected chi connectivity index (χ0v) is 11.1. The lowest BCUT2D eigenvalue weighted by atomic mass is 9.94. The van der Waals surface area contributed by atoms with E-state index in [1.54, 1.807) is 11.9 Å². The van der Waals surface area contributed by atoms with Crippen LogP contribution < -0.4 is 5.73 Å². The monoisotopic (exact) mass is 239 g/mol. The van der Waals surface area contributed by atoms with Crippen molar-refractivity contribution >= 4 is 5.91 Å². The number of rotatable bonds is 9. The average molecular weight is 239 g/mol. The van der Waals surface area contributed by atoms with Gasteiger partial charge < -0.3 is 10.6 Å². The van der Waals surface area contributed by atoms with Crippen LogP contribution in [0.25, 0.3) is 0 Å². The molecule has 0 aromatic rings. The average Bonchev–Trinajstić information content (AvgIpc) is 2.33. The number of carbonyl (C=O) groups is 1. The third-order valence-corrected chi connectivity index (χ3v) is 3.02. The van der Waals surface area contributed by atoms with Crippen LogP contribution in [0.5, 0.6) is 0 Å². The second kappa shape index (κ2) is 10.1. The molecule has 4 heteroatoms. The maximum atomic E-state index is 11.7. The summed E-state index contributed by atoms with van der Waals surface area (Å²) in [4.78, 5) is 13.4. The van der Waals surface area contributed by atoms with Gasteiger partial charge in [0.15, 0.2) is 0 Å². The molecule has 0 aliphatic heterocycles. The van der Waals surface area contributed by atoms with E-state index in [9.17, 15) is 4.79 Å². The lowest BCUT2D eigenvalue weighted by molar-refractivity contribution is -0.130. The van der Waals surface area contributed by atoms with Gasteiger partial charge in [-0.25, -0.2) is 0 Å². The Morgan fingerprint density at radius 1 is 1.41 bits per heavy atom. The van der Waals surface area contributed by atoms with Crippen LogP contribution in [0.15, 0.2) is 0 Å². The maximum Gasteiger partial charge on any atom is 0.222 e. The SMILES string of the molecule is CCCC(CCN)CCC(=O)N(C)CCC#N. The largest absolute Gasteiger partial charge is 0.345 e. The van der Waals surface area contributed by atoms with Crippen molar-refractivity contribution in [1.82, 2.24) is 4.90 Å². The van der Waals surface area contributed by atoms with Gasteiger partial charge in [0.25, 0.3) is 0 Å². The van der Waals surface area contributed by atoms with E-state index in [4.69, 9.17) is 11.0 Å². The van der Waals surface area contributed by atoms with Crippen molar-refractivity contribution < 1.29 is 4.79 Å². The Kier molecular flexibility index (Phi) is 9.46. The van der Waals surface area contributed by atoms with Crippen LogP contribution in [-0.2, 0) is 4.79 Å². The minimum Gasteiger partial charge on any atom is -0.345 e. The minimum absolute atomic E-state index is 0.137. The molecular weight excluding hydrogens is 214 g/mol. The van der Waals surface area contributed by atoms with Crippen LogP contribution >= 0.6 is 0 Å². The Balaban J connectivity index is 3.90. The van der Waals surface area contributed by atoms with Crippen molar-refractivity contribution in [3.8, 4) is 6.07 Å². The predicted octanol–water partition coefficient (Wildman–Crippen LogP) is 1.90. The smallest absolute Gasteiger partial charge is 0.222 e. The van der Waals surface area contributed by atoms with E-state index in [1.165, 1.54) is 0 Å². The van der Waals surface area contributed by atoms with E-state index in [0.29, 0.717) is 31.8 Å². The summed E-state index contributed by atoms with van der Waals surface area (Å²) in [6.45, 7) is 3.39. The summed E-state index contributed by atoms with van der Waals surface area (Å²) in [5.41, 5.74) is 5.56. The molecule has 0 aromatic carbocycles. The molecular formula is C13H25N3O. The van der Waals surface area contributed by atoms with Crippen molar-refractivity contribution in [2.24, 2.45) is 11.7 Å². The molecule has 2 N–H and O–H groups in total. The number of nitrogens with two attached hydrogens (primary N) is 1. The summed E-state index contributed by atoms with van der Waals surface area (Å²) < 4.78 is 0. The third-order valence-electron chi connectivity index (χ3n) is 3.02. The number of amides is 1. The van der Waals surface area contributed by atoms with E-state index in [-0.39, 0.29) is 5.91 Å². The first kappa shape index (κ1) is 15.9. The molecule has 98 valence electrons. The van der Waals surface area contributed by atoms with Crippen LogP contribution in [0.4, 0.5) is 0 Å². The fourth-order valence-electron chi connectivity index (χ4n) is 1.94. The molecule has 1 unspecified atom stereocenters. The summed E-state index contributed by atoms with van der Waals surface area (Å²) in [5, 5.41) is 8.45. The van der Waals surface area contributed by atoms with Gasteiger partial charge in [-0.05, 0) is 25.3 Å². The summed E-state index contributed by atoms with van der Waals surface area (Å²) in [6, 6.07) is 2.05. The van der Waals surface area contributed by atoms with Crippen LogP contribution in [0.2, 0.25) is 0 Å². The Morgan fingerprint density at radius 2 is 2.12 bits per heavy atom. The molecule has 4 nitrogen and oxygen atoms in total. The molecule has 0 aliphatic rings. The number of nitriles is 1. The summed E-state index contributed by atoms with van der Waals surface area (Å²) in [6.07, 6.45) is 5.19. The fraction of sp³-hybridized carbons (Fsp3) is 0.846. The van der Waals surface area contributed by atoms with Gasteiger partial charge in [-0.3, -0.25) is 4.79 Å². The topological polar surface area (TPSA) is 70.1 Å². The Labute approximate surface area is 105 Å². The van der Waals surface area contributed by atoms with E-state index < -0.39 is 0 Å². The van der Waals surface area contributed by atoms with Gasteiger partial charge in [0.05, 0.1) is 12.5 Å². The van der Waals surface area contributed by atoms with E-state index in [1.807, 2.05) is 6.07 Å². The quantitative estimate of drug-likeness (QED) is 0.668. The van der Waals surface area contributed by atoms with Crippen molar-refractivity contribution in [3.63, 3.8) is 0 Å². The highest BCUT2D eigenvalue weighted by Crippen LogP contribution is 2.17. The molecule has 0 bridgehead atoms. The summed E-state index contributed by atoms with van der Waals surface area (Å²) >= 11 is 0. The summed E-state index contributed by atoms with van der Waals surface area (Å²) in [5.74, 6) is 0.705. The number of hydrogen-bond donors (Lipinski definition) is 1. The molecule has 1 amide bonds. The minimum atomic E-state index is 0.137. The van der Waals surface area contributed by atoms with E-state index in [2.05, 4.69) is 6.92 Å². The van der Waals surface area contributed by atoms with Gasteiger partial charge in [0, 0.05) is 20.0 Å². The molecule has 0 fully saturated rings. The Hall–Kier alpha value is -1.08. The standard InChI is InChI=1S/C13H25N3O/c1-3-5-12(8-10-15)6-7-13(17)16(2)11-4-9-14/h12H,3-8,10-11,15H2,1-2H3. The molecule has 0 rings (SSSR count). The maximum absolute atomic E-state index is 11.7. The zero-order chi connectivity index (χ0) is 13.1. The van der Waals surface area contributed by atoms with Crippen molar-refractivity contribution in [2.45, 2.75) is 45.4 Å².